The Kier molecular flexibility index (Phi) is 7.25. The van der Waals surface area contributed by atoms with Gasteiger partial charge in [0.15, 0.2) is 0 Å². The van der Waals surface area contributed by atoms with Crippen LogP contribution in [-0.2, 0) is 19.4 Å². The number of benzene rings is 1. The van der Waals surface area contributed by atoms with Crippen molar-refractivity contribution in [2.45, 2.75) is 36.3 Å². The molecular formula is C17H23F2N3O4S. The van der Waals surface area contributed by atoms with E-state index in [1.54, 1.807) is 0 Å². The van der Waals surface area contributed by atoms with Gasteiger partial charge < -0.3 is 11.1 Å². The van der Waals surface area contributed by atoms with Gasteiger partial charge in [-0.2, -0.15) is 8.78 Å². The molecule has 10 heteroatoms. The van der Waals surface area contributed by atoms with Gasteiger partial charge in [0.2, 0.25) is 21.7 Å². The Bertz CT molecular complexity index is 786. The molecule has 1 aromatic rings. The molecule has 0 bridgehead atoms. The van der Waals surface area contributed by atoms with Gasteiger partial charge in [-0.3, -0.25) is 14.5 Å². The van der Waals surface area contributed by atoms with Crippen molar-refractivity contribution >= 4 is 27.3 Å². The number of carbonyl (C=O) groups is 2. The molecule has 150 valence electrons. The van der Waals surface area contributed by atoms with E-state index >= 15 is 0 Å². The summed E-state index contributed by atoms with van der Waals surface area (Å²) in [6.45, 7) is 1.32. The number of carbonyl (C=O) groups excluding carboxylic acids is 2. The Hall–Kier alpha value is -2.07. The van der Waals surface area contributed by atoms with Gasteiger partial charge in [0.05, 0.1) is 17.1 Å². The number of primary amides is 1. The Morgan fingerprint density at radius 3 is 2.67 bits per heavy atom. The number of halogens is 2. The van der Waals surface area contributed by atoms with Gasteiger partial charge in [0, 0.05) is 13.0 Å². The topological polar surface area (TPSA) is 110 Å². The molecule has 2 rings (SSSR count). The fourth-order valence-corrected chi connectivity index (χ4v) is 4.07. The van der Waals surface area contributed by atoms with E-state index in [0.29, 0.717) is 25.9 Å². The Labute approximate surface area is 156 Å². The predicted octanol–water partition coefficient (Wildman–Crippen LogP) is 1.60. The highest BCUT2D eigenvalue weighted by molar-refractivity contribution is 7.91. The maximum atomic E-state index is 12.8. The van der Waals surface area contributed by atoms with E-state index in [9.17, 15) is 26.8 Å². The number of hydrogen-bond donors (Lipinski definition) is 2. The van der Waals surface area contributed by atoms with Crippen molar-refractivity contribution in [2.75, 3.05) is 25.0 Å². The number of anilines is 1. The molecule has 1 heterocycles. The van der Waals surface area contributed by atoms with Gasteiger partial charge in [-0.05, 0) is 43.9 Å². The van der Waals surface area contributed by atoms with E-state index in [0.717, 1.165) is 18.9 Å². The van der Waals surface area contributed by atoms with Crippen LogP contribution < -0.4 is 11.1 Å². The van der Waals surface area contributed by atoms with Crippen LogP contribution >= 0.6 is 0 Å². The van der Waals surface area contributed by atoms with E-state index in [4.69, 9.17) is 5.73 Å². The van der Waals surface area contributed by atoms with Crippen LogP contribution in [0.4, 0.5) is 14.5 Å². The molecule has 1 aromatic carbocycles. The highest BCUT2D eigenvalue weighted by Crippen LogP contribution is 2.26. The van der Waals surface area contributed by atoms with Crippen molar-refractivity contribution in [1.82, 2.24) is 4.90 Å². The normalized spacial score (nSPS) is 18.4. The van der Waals surface area contributed by atoms with E-state index < -0.39 is 26.4 Å². The molecule has 27 heavy (non-hydrogen) atoms. The summed E-state index contributed by atoms with van der Waals surface area (Å²) < 4.78 is 49.1. The Morgan fingerprint density at radius 2 is 2.00 bits per heavy atom. The first-order valence-electron chi connectivity index (χ1n) is 8.61. The first kappa shape index (κ1) is 21.2. The second kappa shape index (κ2) is 9.23. The third-order valence-electron chi connectivity index (χ3n) is 4.47. The van der Waals surface area contributed by atoms with Crippen molar-refractivity contribution in [3.05, 3.63) is 24.3 Å². The number of sulfone groups is 1. The van der Waals surface area contributed by atoms with Gasteiger partial charge in [0.25, 0.3) is 0 Å². The molecule has 1 atom stereocenters. The van der Waals surface area contributed by atoms with E-state index in [1.807, 2.05) is 4.90 Å². The zero-order valence-electron chi connectivity index (χ0n) is 14.7. The fraction of sp³-hybridized carbons (Fsp3) is 0.529. The first-order valence-corrected chi connectivity index (χ1v) is 10.2. The van der Waals surface area contributed by atoms with Crippen LogP contribution in [0, 0.1) is 5.92 Å². The molecule has 1 saturated heterocycles. The van der Waals surface area contributed by atoms with Gasteiger partial charge in [-0.1, -0.05) is 12.1 Å². The second-order valence-electron chi connectivity index (χ2n) is 6.60. The Morgan fingerprint density at radius 1 is 1.30 bits per heavy atom. The van der Waals surface area contributed by atoms with E-state index in [1.165, 1.54) is 18.2 Å². The lowest BCUT2D eigenvalue weighted by molar-refractivity contribution is -0.119. The minimum Gasteiger partial charge on any atom is -0.370 e. The number of amides is 2. The minimum atomic E-state index is -4.82. The van der Waals surface area contributed by atoms with Crippen LogP contribution in [0.1, 0.15) is 25.7 Å². The summed E-state index contributed by atoms with van der Waals surface area (Å²) in [5.74, 6) is -4.15. The van der Waals surface area contributed by atoms with Crippen molar-refractivity contribution in [3.63, 3.8) is 0 Å². The lowest BCUT2D eigenvalue weighted by Crippen LogP contribution is -2.40. The van der Waals surface area contributed by atoms with Crippen LogP contribution in [0.2, 0.25) is 0 Å². The smallest absolute Gasteiger partial charge is 0.341 e. The van der Waals surface area contributed by atoms with Crippen LogP contribution in [0.5, 0.6) is 0 Å². The average molecular weight is 403 g/mol. The van der Waals surface area contributed by atoms with Gasteiger partial charge >= 0.3 is 5.76 Å². The molecule has 7 nitrogen and oxygen atoms in total. The summed E-state index contributed by atoms with van der Waals surface area (Å²) >= 11 is 0. The number of rotatable bonds is 8. The largest absolute Gasteiger partial charge is 0.370 e. The fourth-order valence-electron chi connectivity index (χ4n) is 3.18. The maximum absolute atomic E-state index is 12.8. The van der Waals surface area contributed by atoms with Crippen LogP contribution in [0.3, 0.4) is 0 Å². The average Bonchev–Trinajstić information content (AvgIpc) is 2.60. The Balaban J connectivity index is 1.99. The van der Waals surface area contributed by atoms with Crippen molar-refractivity contribution in [3.8, 4) is 0 Å². The summed E-state index contributed by atoms with van der Waals surface area (Å²) in [5.41, 5.74) is 5.00. The molecule has 0 spiro atoms. The molecule has 1 aliphatic heterocycles. The zero-order chi connectivity index (χ0) is 20.0. The number of piperidine rings is 1. The molecule has 0 radical (unpaired) electrons. The molecule has 2 amide bonds. The van der Waals surface area contributed by atoms with Crippen LogP contribution in [-0.4, -0.2) is 50.5 Å². The highest BCUT2D eigenvalue weighted by Gasteiger charge is 2.30. The molecule has 0 aliphatic carbocycles. The molecule has 0 saturated carbocycles. The number of nitrogens with one attached hydrogen (secondary N) is 1. The highest BCUT2D eigenvalue weighted by atomic mass is 32.2. The monoisotopic (exact) mass is 403 g/mol. The molecule has 3 N–H and O–H groups in total. The molecule has 0 aromatic heterocycles. The minimum absolute atomic E-state index is 0.0101. The van der Waals surface area contributed by atoms with E-state index in [2.05, 4.69) is 5.32 Å². The number of nitrogens with zero attached hydrogens (tertiary/aromatic N) is 1. The molecule has 1 aliphatic rings. The summed E-state index contributed by atoms with van der Waals surface area (Å²) in [6, 6.07) is 5.09. The van der Waals surface area contributed by atoms with Crippen LogP contribution in [0.15, 0.2) is 29.2 Å². The van der Waals surface area contributed by atoms with Crippen LogP contribution in [0.25, 0.3) is 0 Å². The third kappa shape index (κ3) is 5.96. The number of likely N-dealkylation sites (tertiary alicyclic amines) is 1. The summed E-state index contributed by atoms with van der Waals surface area (Å²) in [7, 11) is -4.82. The van der Waals surface area contributed by atoms with Crippen molar-refractivity contribution in [2.24, 2.45) is 11.7 Å². The molecule has 0 unspecified atom stereocenters. The lowest BCUT2D eigenvalue weighted by atomic mass is 9.93. The first-order chi connectivity index (χ1) is 12.7. The standard InChI is InChI=1S/C17H23F2N3O4S/c18-17(19)27(25,26)14-6-2-1-5-13(14)21-16(24)11-22-9-3-4-12(10-22)7-8-15(20)23/h1-2,5-6,12,17H,3-4,7-11H2,(H2,20,23)(H,21,24)/t12-/m1/s1. The van der Waals surface area contributed by atoms with Gasteiger partial charge in [0.1, 0.15) is 0 Å². The number of hydrogen-bond acceptors (Lipinski definition) is 5. The number of alkyl halides is 2. The molecule has 1 fully saturated rings. The van der Waals surface area contributed by atoms with E-state index in [-0.39, 0.29) is 24.1 Å². The summed E-state index contributed by atoms with van der Waals surface area (Å²) in [6.07, 6.45) is 2.76. The van der Waals surface area contributed by atoms with Gasteiger partial charge in [-0.25, -0.2) is 8.42 Å². The second-order valence-corrected chi connectivity index (χ2v) is 8.48. The third-order valence-corrected chi connectivity index (χ3v) is 5.91. The molecular weight excluding hydrogens is 380 g/mol. The number of nitrogens with two attached hydrogens (primary N) is 1. The lowest BCUT2D eigenvalue weighted by Gasteiger charge is -2.32. The quantitative estimate of drug-likeness (QED) is 0.685. The SMILES string of the molecule is NC(=O)CC[C@H]1CCCN(CC(=O)Nc2ccccc2S(=O)(=O)C(F)F)C1. The van der Waals surface area contributed by atoms with Gasteiger partial charge in [-0.15, -0.1) is 0 Å². The number of para-hydroxylation sites is 1. The summed E-state index contributed by atoms with van der Waals surface area (Å²) in [4.78, 5) is 24.5. The summed E-state index contributed by atoms with van der Waals surface area (Å²) in [5, 5.41) is 2.42. The maximum Gasteiger partial charge on any atom is 0.341 e. The van der Waals surface area contributed by atoms with Crippen molar-refractivity contribution < 1.29 is 26.8 Å². The zero-order valence-corrected chi connectivity index (χ0v) is 15.6. The predicted molar refractivity (Wildman–Crippen MR) is 95.9 cm³/mol. The van der Waals surface area contributed by atoms with Crippen molar-refractivity contribution in [1.29, 1.82) is 0 Å².